The molecule has 0 amide bonds. The standard InChI is InChI=1S/C23H19F6N5S/c1-3-34(4-2)21-15(22(24,25)26)7-8-18(33-21)32-16-9-10-30-17-11-13(5-6-14(16)17)19-20(23(27,28)29)35-12-31-19/h5-12H,3-4H2,1-2H3,(H,30,32,33). The summed E-state index contributed by atoms with van der Waals surface area (Å²) in [6.07, 6.45) is -7.64. The minimum absolute atomic E-state index is 0.183. The normalized spacial score (nSPS) is 12.2. The number of rotatable bonds is 6. The molecule has 0 radical (unpaired) electrons. The molecule has 0 bridgehead atoms. The van der Waals surface area contributed by atoms with Gasteiger partial charge in [-0.2, -0.15) is 26.3 Å². The first kappa shape index (κ1) is 24.7. The van der Waals surface area contributed by atoms with Gasteiger partial charge in [0.1, 0.15) is 16.5 Å². The molecule has 4 aromatic rings. The second kappa shape index (κ2) is 9.33. The number of anilines is 3. The van der Waals surface area contributed by atoms with Crippen LogP contribution in [0.5, 0.6) is 0 Å². The smallest absolute Gasteiger partial charge is 0.357 e. The number of benzene rings is 1. The zero-order valence-electron chi connectivity index (χ0n) is 18.5. The number of fused-ring (bicyclic) bond motifs is 1. The Labute approximate surface area is 200 Å². The monoisotopic (exact) mass is 511 g/mol. The van der Waals surface area contributed by atoms with E-state index in [1.165, 1.54) is 29.3 Å². The minimum atomic E-state index is -4.56. The van der Waals surface area contributed by atoms with E-state index in [1.54, 1.807) is 26.0 Å². The molecule has 0 spiro atoms. The fraction of sp³-hybridized carbons (Fsp3) is 0.261. The molecule has 0 atom stereocenters. The number of hydrogen-bond acceptors (Lipinski definition) is 6. The van der Waals surface area contributed by atoms with Gasteiger partial charge in [0.05, 0.1) is 28.0 Å². The molecule has 0 aliphatic rings. The van der Waals surface area contributed by atoms with E-state index < -0.39 is 22.8 Å². The molecule has 3 heterocycles. The summed E-state index contributed by atoms with van der Waals surface area (Å²) >= 11 is 0.510. The summed E-state index contributed by atoms with van der Waals surface area (Å²) in [6.45, 7) is 4.17. The minimum Gasteiger partial charge on any atom is -0.357 e. The van der Waals surface area contributed by atoms with Crippen molar-refractivity contribution < 1.29 is 26.3 Å². The number of nitrogens with one attached hydrogen (secondary N) is 1. The maximum Gasteiger partial charge on any atom is 0.427 e. The van der Waals surface area contributed by atoms with Crippen LogP contribution >= 0.6 is 11.3 Å². The first-order valence-electron chi connectivity index (χ1n) is 10.5. The van der Waals surface area contributed by atoms with Gasteiger partial charge >= 0.3 is 12.4 Å². The van der Waals surface area contributed by atoms with Gasteiger partial charge in [-0.1, -0.05) is 12.1 Å². The van der Waals surface area contributed by atoms with Crippen LogP contribution < -0.4 is 10.2 Å². The SMILES string of the molecule is CCN(CC)c1nc(Nc2ccnc3cc(-c4ncsc4C(F)(F)F)ccc23)ccc1C(F)(F)F. The molecule has 0 aliphatic carbocycles. The van der Waals surface area contributed by atoms with E-state index in [1.807, 2.05) is 0 Å². The van der Waals surface area contributed by atoms with Crippen LogP contribution in [0.3, 0.4) is 0 Å². The molecule has 3 aromatic heterocycles. The van der Waals surface area contributed by atoms with Crippen molar-refractivity contribution in [1.29, 1.82) is 0 Å². The number of thiazole rings is 1. The lowest BCUT2D eigenvalue weighted by atomic mass is 10.1. The fourth-order valence-corrected chi connectivity index (χ4v) is 4.38. The molecule has 4 rings (SSSR count). The van der Waals surface area contributed by atoms with Crippen molar-refractivity contribution in [3.8, 4) is 11.3 Å². The van der Waals surface area contributed by atoms with E-state index in [0.29, 0.717) is 41.0 Å². The van der Waals surface area contributed by atoms with Crippen LogP contribution in [0, 0.1) is 0 Å². The van der Waals surface area contributed by atoms with Crippen molar-refractivity contribution in [2.75, 3.05) is 23.3 Å². The Balaban J connectivity index is 1.73. The van der Waals surface area contributed by atoms with Gasteiger partial charge < -0.3 is 10.2 Å². The van der Waals surface area contributed by atoms with Crippen molar-refractivity contribution in [3.63, 3.8) is 0 Å². The summed E-state index contributed by atoms with van der Waals surface area (Å²) in [7, 11) is 0. The molecule has 1 N–H and O–H groups in total. The summed E-state index contributed by atoms with van der Waals surface area (Å²) in [6, 6.07) is 8.41. The Morgan fingerprint density at radius 3 is 2.31 bits per heavy atom. The lowest BCUT2D eigenvalue weighted by Gasteiger charge is -2.24. The molecule has 0 unspecified atom stereocenters. The van der Waals surface area contributed by atoms with Gasteiger partial charge in [0, 0.05) is 30.2 Å². The fourth-order valence-electron chi connectivity index (χ4n) is 3.70. The second-order valence-corrected chi connectivity index (χ2v) is 8.34. The summed E-state index contributed by atoms with van der Waals surface area (Å²) < 4.78 is 80.5. The van der Waals surface area contributed by atoms with Gasteiger partial charge in [-0.15, -0.1) is 11.3 Å². The van der Waals surface area contributed by atoms with Gasteiger partial charge in [-0.05, 0) is 38.1 Å². The predicted molar refractivity (Wildman–Crippen MR) is 124 cm³/mol. The van der Waals surface area contributed by atoms with Crippen LogP contribution in [0.2, 0.25) is 0 Å². The van der Waals surface area contributed by atoms with Crippen LogP contribution in [0.25, 0.3) is 22.2 Å². The van der Waals surface area contributed by atoms with Gasteiger partial charge in [-0.25, -0.2) is 9.97 Å². The largest absolute Gasteiger partial charge is 0.427 e. The van der Waals surface area contributed by atoms with Crippen molar-refractivity contribution in [3.05, 3.63) is 58.5 Å². The molecule has 0 fully saturated rings. The van der Waals surface area contributed by atoms with Crippen LogP contribution in [0.4, 0.5) is 43.7 Å². The average Bonchev–Trinajstić information content (AvgIpc) is 3.30. The van der Waals surface area contributed by atoms with Gasteiger partial charge in [0.25, 0.3) is 0 Å². The quantitative estimate of drug-likeness (QED) is 0.274. The highest BCUT2D eigenvalue weighted by atomic mass is 32.1. The van der Waals surface area contributed by atoms with E-state index in [0.717, 1.165) is 11.6 Å². The van der Waals surface area contributed by atoms with E-state index in [2.05, 4.69) is 20.3 Å². The molecule has 184 valence electrons. The van der Waals surface area contributed by atoms with Crippen molar-refractivity contribution in [2.24, 2.45) is 0 Å². The van der Waals surface area contributed by atoms with Gasteiger partial charge in [0.2, 0.25) is 0 Å². The number of alkyl halides is 6. The summed E-state index contributed by atoms with van der Waals surface area (Å²) in [5.74, 6) is 0.00620. The van der Waals surface area contributed by atoms with Gasteiger partial charge in [-0.3, -0.25) is 4.98 Å². The average molecular weight is 511 g/mol. The Morgan fingerprint density at radius 1 is 0.914 bits per heavy atom. The molecule has 5 nitrogen and oxygen atoms in total. The number of nitrogens with zero attached hydrogens (tertiary/aromatic N) is 4. The van der Waals surface area contributed by atoms with E-state index in [4.69, 9.17) is 0 Å². The van der Waals surface area contributed by atoms with Gasteiger partial charge in [0.15, 0.2) is 0 Å². The number of hydrogen-bond donors (Lipinski definition) is 1. The molecule has 35 heavy (non-hydrogen) atoms. The zero-order chi connectivity index (χ0) is 25.4. The highest BCUT2D eigenvalue weighted by molar-refractivity contribution is 7.10. The lowest BCUT2D eigenvalue weighted by molar-refractivity contribution is -0.137. The highest BCUT2D eigenvalue weighted by Gasteiger charge is 2.37. The molecule has 0 saturated carbocycles. The second-order valence-electron chi connectivity index (χ2n) is 7.48. The Hall–Kier alpha value is -3.41. The van der Waals surface area contributed by atoms with Crippen molar-refractivity contribution in [1.82, 2.24) is 15.0 Å². The van der Waals surface area contributed by atoms with E-state index in [-0.39, 0.29) is 22.9 Å². The van der Waals surface area contributed by atoms with E-state index >= 15 is 0 Å². The Morgan fingerprint density at radius 2 is 1.66 bits per heavy atom. The topological polar surface area (TPSA) is 53.9 Å². The molecule has 1 aromatic carbocycles. The molecule has 0 aliphatic heterocycles. The zero-order valence-corrected chi connectivity index (χ0v) is 19.3. The van der Waals surface area contributed by atoms with Crippen LogP contribution in [-0.2, 0) is 12.4 Å². The predicted octanol–water partition coefficient (Wildman–Crippen LogP) is 7.38. The number of pyridine rings is 2. The summed E-state index contributed by atoms with van der Waals surface area (Å²) in [5.41, 5.74) is 1.26. The third-order valence-electron chi connectivity index (χ3n) is 5.35. The van der Waals surface area contributed by atoms with Crippen LogP contribution in [0.15, 0.2) is 48.1 Å². The van der Waals surface area contributed by atoms with Crippen LogP contribution in [-0.4, -0.2) is 28.0 Å². The number of halogens is 6. The van der Waals surface area contributed by atoms with E-state index in [9.17, 15) is 26.3 Å². The third kappa shape index (κ3) is 5.02. The third-order valence-corrected chi connectivity index (χ3v) is 6.22. The maximum atomic E-state index is 13.5. The molecule has 0 saturated heterocycles. The number of aromatic nitrogens is 3. The highest BCUT2D eigenvalue weighted by Crippen LogP contribution is 2.40. The first-order valence-corrected chi connectivity index (χ1v) is 11.4. The first-order chi connectivity index (χ1) is 16.5. The van der Waals surface area contributed by atoms with Crippen molar-refractivity contribution >= 4 is 39.6 Å². The Kier molecular flexibility index (Phi) is 6.58. The summed E-state index contributed by atoms with van der Waals surface area (Å²) in [4.78, 5) is 13.0. The maximum absolute atomic E-state index is 13.5. The molecule has 12 heteroatoms. The summed E-state index contributed by atoms with van der Waals surface area (Å²) in [5, 5.41) is 3.58. The lowest BCUT2D eigenvalue weighted by Crippen LogP contribution is -2.26. The van der Waals surface area contributed by atoms with Crippen LogP contribution in [0.1, 0.15) is 24.3 Å². The molecular weight excluding hydrogens is 492 g/mol. The molecular formula is C23H19F6N5S. The Bertz CT molecular complexity index is 1340. The van der Waals surface area contributed by atoms with Crippen molar-refractivity contribution in [2.45, 2.75) is 26.2 Å².